The van der Waals surface area contributed by atoms with Crippen LogP contribution in [-0.4, -0.2) is 32.0 Å². The second-order valence-electron chi connectivity index (χ2n) is 6.00. The van der Waals surface area contributed by atoms with E-state index in [0.29, 0.717) is 18.1 Å². The molecule has 26 heavy (non-hydrogen) atoms. The maximum atomic E-state index is 12.3. The van der Waals surface area contributed by atoms with E-state index in [1.807, 2.05) is 13.0 Å². The molecule has 0 aliphatic heterocycles. The van der Waals surface area contributed by atoms with Crippen molar-refractivity contribution in [2.45, 2.75) is 37.2 Å². The summed E-state index contributed by atoms with van der Waals surface area (Å²) in [4.78, 5) is 16.6. The Bertz CT molecular complexity index is 878. The van der Waals surface area contributed by atoms with Gasteiger partial charge in [0.2, 0.25) is 15.9 Å². The third kappa shape index (κ3) is 4.59. The summed E-state index contributed by atoms with van der Waals surface area (Å²) in [7, 11) is -3.51. The number of sulfonamides is 1. The number of nitrogens with one attached hydrogen (secondary N) is 2. The summed E-state index contributed by atoms with van der Waals surface area (Å²) in [5.74, 6) is 0.193. The molecule has 2 aromatic rings. The van der Waals surface area contributed by atoms with Gasteiger partial charge in [-0.15, -0.1) is 0 Å². The van der Waals surface area contributed by atoms with E-state index in [0.717, 1.165) is 18.4 Å². The molecule has 8 heteroatoms. The van der Waals surface area contributed by atoms with Gasteiger partial charge in [-0.3, -0.25) is 4.79 Å². The Balaban J connectivity index is 1.63. The molecular formula is C18H21N3O4S. The van der Waals surface area contributed by atoms with Crippen LogP contribution in [0.1, 0.15) is 35.7 Å². The molecule has 3 rings (SSSR count). The average molecular weight is 375 g/mol. The van der Waals surface area contributed by atoms with Crippen molar-refractivity contribution in [3.8, 4) is 5.88 Å². The molecule has 1 amide bonds. The molecule has 0 atom stereocenters. The molecule has 2 N–H and O–H groups in total. The Morgan fingerprint density at radius 2 is 1.96 bits per heavy atom. The molecule has 1 aromatic heterocycles. The van der Waals surface area contributed by atoms with Crippen LogP contribution in [0, 0.1) is 0 Å². The van der Waals surface area contributed by atoms with Crippen LogP contribution in [0.15, 0.2) is 47.5 Å². The van der Waals surface area contributed by atoms with Crippen LogP contribution in [-0.2, 0) is 16.6 Å². The fourth-order valence-electron chi connectivity index (χ4n) is 2.38. The third-order valence-corrected chi connectivity index (χ3v) is 5.43. The number of hydrogen-bond donors (Lipinski definition) is 2. The van der Waals surface area contributed by atoms with Crippen LogP contribution in [0.2, 0.25) is 0 Å². The van der Waals surface area contributed by atoms with Gasteiger partial charge in [0.25, 0.3) is 5.91 Å². The van der Waals surface area contributed by atoms with Crippen molar-refractivity contribution in [1.29, 1.82) is 0 Å². The molecule has 0 radical (unpaired) electrons. The first-order valence-electron chi connectivity index (χ1n) is 8.47. The lowest BCUT2D eigenvalue weighted by Crippen LogP contribution is -2.26. The van der Waals surface area contributed by atoms with Crippen molar-refractivity contribution in [2.24, 2.45) is 0 Å². The van der Waals surface area contributed by atoms with Crippen LogP contribution < -0.4 is 14.8 Å². The smallest absolute Gasteiger partial charge is 0.251 e. The monoisotopic (exact) mass is 375 g/mol. The number of rotatable bonds is 8. The Kier molecular flexibility index (Phi) is 5.53. The van der Waals surface area contributed by atoms with Crippen LogP contribution >= 0.6 is 0 Å². The number of amides is 1. The van der Waals surface area contributed by atoms with Crippen molar-refractivity contribution in [3.05, 3.63) is 53.7 Å². The van der Waals surface area contributed by atoms with Gasteiger partial charge in [-0.1, -0.05) is 6.07 Å². The molecule has 1 fully saturated rings. The number of ether oxygens (including phenoxy) is 1. The number of carbonyl (C=O) groups is 1. The second-order valence-corrected chi connectivity index (χ2v) is 7.72. The summed E-state index contributed by atoms with van der Waals surface area (Å²) in [6, 6.07) is 9.54. The molecular weight excluding hydrogens is 354 g/mol. The maximum Gasteiger partial charge on any atom is 0.251 e. The zero-order valence-corrected chi connectivity index (χ0v) is 15.3. The largest absolute Gasteiger partial charge is 0.478 e. The summed E-state index contributed by atoms with van der Waals surface area (Å²) in [5.41, 5.74) is 1.16. The number of pyridine rings is 1. The van der Waals surface area contributed by atoms with Crippen molar-refractivity contribution < 1.29 is 17.9 Å². The predicted octanol–water partition coefficient (Wildman–Crippen LogP) is 1.85. The first-order chi connectivity index (χ1) is 12.5. The fourth-order valence-corrected chi connectivity index (χ4v) is 3.68. The van der Waals surface area contributed by atoms with Gasteiger partial charge in [-0.05, 0) is 50.1 Å². The number of aromatic nitrogens is 1. The van der Waals surface area contributed by atoms with Crippen LogP contribution in [0.25, 0.3) is 0 Å². The zero-order valence-electron chi connectivity index (χ0n) is 14.4. The van der Waals surface area contributed by atoms with Crippen LogP contribution in [0.3, 0.4) is 0 Å². The quantitative estimate of drug-likeness (QED) is 0.734. The number of nitrogens with zero attached hydrogens (tertiary/aromatic N) is 1. The van der Waals surface area contributed by atoms with Crippen molar-refractivity contribution in [2.75, 3.05) is 6.61 Å². The molecule has 7 nitrogen and oxygen atoms in total. The molecule has 138 valence electrons. The molecule has 1 aromatic carbocycles. The van der Waals surface area contributed by atoms with Gasteiger partial charge in [0.15, 0.2) is 0 Å². The molecule has 1 aliphatic carbocycles. The first-order valence-corrected chi connectivity index (χ1v) is 9.95. The minimum absolute atomic E-state index is 0.0435. The van der Waals surface area contributed by atoms with E-state index in [1.165, 1.54) is 24.3 Å². The Hall–Kier alpha value is -2.45. The van der Waals surface area contributed by atoms with Gasteiger partial charge >= 0.3 is 0 Å². The Morgan fingerprint density at radius 3 is 2.62 bits per heavy atom. The first kappa shape index (κ1) is 18.3. The third-order valence-electron chi connectivity index (χ3n) is 3.90. The number of benzene rings is 1. The van der Waals surface area contributed by atoms with Crippen LogP contribution in [0.5, 0.6) is 5.88 Å². The summed E-state index contributed by atoms with van der Waals surface area (Å²) in [6.07, 6.45) is 3.38. The van der Waals surface area contributed by atoms with E-state index < -0.39 is 10.0 Å². The highest BCUT2D eigenvalue weighted by atomic mass is 32.2. The molecule has 1 saturated carbocycles. The Labute approximate surface area is 152 Å². The molecule has 0 unspecified atom stereocenters. The molecule has 1 heterocycles. The average Bonchev–Trinajstić information content (AvgIpc) is 3.44. The van der Waals surface area contributed by atoms with Gasteiger partial charge in [0.05, 0.1) is 11.5 Å². The van der Waals surface area contributed by atoms with Gasteiger partial charge in [0, 0.05) is 29.9 Å². The normalized spacial score (nSPS) is 14.0. The van der Waals surface area contributed by atoms with E-state index in [4.69, 9.17) is 4.74 Å². The van der Waals surface area contributed by atoms with Gasteiger partial charge in [-0.25, -0.2) is 18.1 Å². The predicted molar refractivity (Wildman–Crippen MR) is 96.4 cm³/mol. The van der Waals surface area contributed by atoms with Gasteiger partial charge < -0.3 is 10.1 Å². The van der Waals surface area contributed by atoms with Crippen molar-refractivity contribution in [3.63, 3.8) is 0 Å². The van der Waals surface area contributed by atoms with Gasteiger partial charge in [0.1, 0.15) is 0 Å². The molecule has 1 aliphatic rings. The molecule has 0 saturated heterocycles. The highest BCUT2D eigenvalue weighted by Gasteiger charge is 2.27. The highest BCUT2D eigenvalue weighted by molar-refractivity contribution is 7.89. The van der Waals surface area contributed by atoms with E-state index in [1.54, 1.807) is 12.3 Å². The van der Waals surface area contributed by atoms with E-state index in [2.05, 4.69) is 15.0 Å². The van der Waals surface area contributed by atoms with Crippen molar-refractivity contribution in [1.82, 2.24) is 15.0 Å². The molecule has 0 spiro atoms. The minimum Gasteiger partial charge on any atom is -0.478 e. The maximum absolute atomic E-state index is 12.3. The summed E-state index contributed by atoms with van der Waals surface area (Å²) < 4.78 is 32.3. The molecule has 0 bridgehead atoms. The summed E-state index contributed by atoms with van der Waals surface area (Å²) in [5, 5.41) is 2.79. The summed E-state index contributed by atoms with van der Waals surface area (Å²) >= 11 is 0. The fraction of sp³-hybridized carbons (Fsp3) is 0.333. The lowest BCUT2D eigenvalue weighted by atomic mass is 10.2. The zero-order chi connectivity index (χ0) is 18.6. The number of carbonyl (C=O) groups excluding carboxylic acids is 1. The standard InChI is InChI=1S/C18H21N3O4S/c1-2-25-18-14(4-3-11-19-18)12-20-17(22)13-5-9-16(10-6-13)26(23,24)21-15-7-8-15/h3-6,9-11,15,21H,2,7-8,12H2,1H3,(H,20,22). The topological polar surface area (TPSA) is 97.4 Å². The Morgan fingerprint density at radius 1 is 1.23 bits per heavy atom. The van der Waals surface area contributed by atoms with Gasteiger partial charge in [-0.2, -0.15) is 0 Å². The van der Waals surface area contributed by atoms with E-state index >= 15 is 0 Å². The van der Waals surface area contributed by atoms with E-state index in [-0.39, 0.29) is 23.4 Å². The minimum atomic E-state index is -3.51. The highest BCUT2D eigenvalue weighted by Crippen LogP contribution is 2.22. The lowest BCUT2D eigenvalue weighted by Gasteiger charge is -2.10. The summed E-state index contributed by atoms with van der Waals surface area (Å²) in [6.45, 7) is 2.62. The van der Waals surface area contributed by atoms with E-state index in [9.17, 15) is 13.2 Å². The van der Waals surface area contributed by atoms with Crippen molar-refractivity contribution >= 4 is 15.9 Å². The van der Waals surface area contributed by atoms with Crippen LogP contribution in [0.4, 0.5) is 0 Å². The lowest BCUT2D eigenvalue weighted by molar-refractivity contribution is 0.0950. The number of hydrogen-bond acceptors (Lipinski definition) is 5. The SMILES string of the molecule is CCOc1ncccc1CNC(=O)c1ccc(S(=O)(=O)NC2CC2)cc1. The second kappa shape index (κ2) is 7.84.